The average molecular weight is 288 g/mol. The van der Waals surface area contributed by atoms with Crippen molar-refractivity contribution >= 4 is 17.6 Å². The van der Waals surface area contributed by atoms with E-state index >= 15 is 0 Å². The lowest BCUT2D eigenvalue weighted by molar-refractivity contribution is -0.385. The number of hydrogen-bond acceptors (Lipinski definition) is 4. The number of aliphatic carboxylic acids is 1. The van der Waals surface area contributed by atoms with Gasteiger partial charge in [0.05, 0.1) is 11.0 Å². The second-order valence-corrected chi connectivity index (χ2v) is 3.75. The van der Waals surface area contributed by atoms with Crippen LogP contribution < -0.4 is 0 Å². The Balaban J connectivity index is 3.29. The first-order valence-electron chi connectivity index (χ1n) is 5.42. The van der Waals surface area contributed by atoms with Crippen LogP contribution in [0.25, 0.3) is 0 Å². The first kappa shape index (κ1) is 15.5. The monoisotopic (exact) mass is 288 g/mol. The van der Waals surface area contributed by atoms with E-state index in [1.165, 1.54) is 6.92 Å². The van der Waals surface area contributed by atoms with Crippen molar-refractivity contribution in [2.75, 3.05) is 13.1 Å². The Hall–Kier alpha value is -2.58. The third-order valence-corrected chi connectivity index (χ3v) is 2.46. The van der Waals surface area contributed by atoms with E-state index in [4.69, 9.17) is 5.11 Å². The van der Waals surface area contributed by atoms with E-state index in [0.717, 1.165) is 4.90 Å². The number of benzene rings is 1. The van der Waals surface area contributed by atoms with Gasteiger partial charge >= 0.3 is 5.97 Å². The summed E-state index contributed by atoms with van der Waals surface area (Å²) in [4.78, 5) is 33.0. The summed E-state index contributed by atoms with van der Waals surface area (Å²) in [6, 6.07) is 0.678. The molecule has 1 N–H and O–H groups in total. The summed E-state index contributed by atoms with van der Waals surface area (Å²) in [5.41, 5.74) is -1.62. The molecule has 108 valence electrons. The molecule has 0 fully saturated rings. The second kappa shape index (κ2) is 6.04. The number of hydrogen-bond donors (Lipinski definition) is 1. The SMILES string of the molecule is CCN(CC(=O)O)C(=O)c1cc(F)c(F)cc1[N+](=O)[O-]. The highest BCUT2D eigenvalue weighted by Crippen LogP contribution is 2.23. The fraction of sp³-hybridized carbons (Fsp3) is 0.273. The topological polar surface area (TPSA) is 101 Å². The molecular weight excluding hydrogens is 278 g/mol. The maximum Gasteiger partial charge on any atom is 0.323 e. The van der Waals surface area contributed by atoms with Crippen LogP contribution in [0.4, 0.5) is 14.5 Å². The van der Waals surface area contributed by atoms with E-state index in [1.807, 2.05) is 0 Å². The zero-order valence-electron chi connectivity index (χ0n) is 10.3. The van der Waals surface area contributed by atoms with E-state index in [1.54, 1.807) is 0 Å². The number of halogens is 2. The molecule has 9 heteroatoms. The molecule has 20 heavy (non-hydrogen) atoms. The molecule has 0 atom stereocenters. The number of amides is 1. The maximum absolute atomic E-state index is 13.1. The van der Waals surface area contributed by atoms with Crippen LogP contribution in [0.1, 0.15) is 17.3 Å². The highest BCUT2D eigenvalue weighted by molar-refractivity contribution is 5.99. The standard InChI is InChI=1S/C11H10F2N2O5/c1-2-14(5-10(16)17)11(18)6-3-7(12)8(13)4-9(6)15(19)20/h3-4H,2,5H2,1H3,(H,16,17). The van der Waals surface area contributed by atoms with E-state index in [0.29, 0.717) is 6.07 Å². The van der Waals surface area contributed by atoms with Crippen LogP contribution in [0.5, 0.6) is 0 Å². The zero-order valence-corrected chi connectivity index (χ0v) is 10.3. The summed E-state index contributed by atoms with van der Waals surface area (Å²) < 4.78 is 26.1. The molecule has 0 aromatic heterocycles. The lowest BCUT2D eigenvalue weighted by Gasteiger charge is -2.18. The molecule has 0 spiro atoms. The molecule has 0 bridgehead atoms. The molecule has 7 nitrogen and oxygen atoms in total. The van der Waals surface area contributed by atoms with E-state index in [-0.39, 0.29) is 12.6 Å². The predicted molar refractivity (Wildman–Crippen MR) is 62.2 cm³/mol. The first-order chi connectivity index (χ1) is 9.27. The fourth-order valence-electron chi connectivity index (χ4n) is 1.52. The molecule has 0 radical (unpaired) electrons. The summed E-state index contributed by atoms with van der Waals surface area (Å²) in [5, 5.41) is 19.4. The highest BCUT2D eigenvalue weighted by atomic mass is 19.2. The number of rotatable bonds is 5. The molecule has 0 aliphatic carbocycles. The lowest BCUT2D eigenvalue weighted by Crippen LogP contribution is -2.35. The van der Waals surface area contributed by atoms with Gasteiger partial charge in [0.25, 0.3) is 11.6 Å². The first-order valence-corrected chi connectivity index (χ1v) is 5.42. The van der Waals surface area contributed by atoms with Gasteiger partial charge in [-0.05, 0) is 13.0 Å². The van der Waals surface area contributed by atoms with Crippen LogP contribution in [0, 0.1) is 21.7 Å². The van der Waals surface area contributed by atoms with Gasteiger partial charge in [0.1, 0.15) is 12.1 Å². The number of carbonyl (C=O) groups excluding carboxylic acids is 1. The third-order valence-electron chi connectivity index (χ3n) is 2.46. The van der Waals surface area contributed by atoms with E-state index < -0.39 is 46.2 Å². The van der Waals surface area contributed by atoms with E-state index in [2.05, 4.69) is 0 Å². The number of nitrogens with zero attached hydrogens (tertiary/aromatic N) is 2. The minimum Gasteiger partial charge on any atom is -0.480 e. The molecule has 0 aliphatic rings. The number of carbonyl (C=O) groups is 2. The van der Waals surface area contributed by atoms with Crippen LogP contribution in [0.3, 0.4) is 0 Å². The Morgan fingerprint density at radius 2 is 1.90 bits per heavy atom. The molecule has 0 saturated heterocycles. The van der Waals surface area contributed by atoms with Gasteiger partial charge in [-0.2, -0.15) is 0 Å². The van der Waals surface area contributed by atoms with Crippen LogP contribution >= 0.6 is 0 Å². The number of nitro groups is 1. The number of nitro benzene ring substituents is 1. The molecule has 1 amide bonds. The third kappa shape index (κ3) is 3.25. The maximum atomic E-state index is 13.1. The number of likely N-dealkylation sites (N-methyl/N-ethyl adjacent to an activating group) is 1. The molecule has 0 aliphatic heterocycles. The van der Waals surface area contributed by atoms with Crippen molar-refractivity contribution in [3.8, 4) is 0 Å². The molecule has 1 rings (SSSR count). The van der Waals surface area contributed by atoms with Gasteiger partial charge in [-0.25, -0.2) is 8.78 Å². The average Bonchev–Trinajstić information content (AvgIpc) is 2.37. The summed E-state index contributed by atoms with van der Waals surface area (Å²) in [6.45, 7) is 0.694. The molecule has 1 aromatic rings. The Morgan fingerprint density at radius 3 is 2.35 bits per heavy atom. The molecule has 0 heterocycles. The summed E-state index contributed by atoms with van der Waals surface area (Å²) in [6.07, 6.45) is 0. The Labute approximate surface area is 111 Å². The summed E-state index contributed by atoms with van der Waals surface area (Å²) in [7, 11) is 0. The Kier molecular flexibility index (Phi) is 4.68. The highest BCUT2D eigenvalue weighted by Gasteiger charge is 2.27. The van der Waals surface area contributed by atoms with Gasteiger partial charge < -0.3 is 10.0 Å². The quantitative estimate of drug-likeness (QED) is 0.652. The van der Waals surface area contributed by atoms with Gasteiger partial charge in [-0.3, -0.25) is 19.7 Å². The minimum absolute atomic E-state index is 0.0543. The largest absolute Gasteiger partial charge is 0.480 e. The lowest BCUT2D eigenvalue weighted by atomic mass is 10.1. The Morgan fingerprint density at radius 1 is 1.35 bits per heavy atom. The van der Waals surface area contributed by atoms with Crippen LogP contribution in [-0.4, -0.2) is 39.9 Å². The van der Waals surface area contributed by atoms with Crippen molar-refractivity contribution in [1.29, 1.82) is 0 Å². The zero-order chi connectivity index (χ0) is 15.4. The number of carboxylic acids is 1. The Bertz CT molecular complexity index is 576. The minimum atomic E-state index is -1.46. The van der Waals surface area contributed by atoms with Crippen molar-refractivity contribution in [2.24, 2.45) is 0 Å². The summed E-state index contributed by atoms with van der Waals surface area (Å²) in [5.74, 6) is -5.27. The predicted octanol–water partition coefficient (Wildman–Crippen LogP) is 1.42. The van der Waals surface area contributed by atoms with Crippen molar-refractivity contribution in [3.05, 3.63) is 39.4 Å². The van der Waals surface area contributed by atoms with Gasteiger partial charge in [-0.15, -0.1) is 0 Å². The second-order valence-electron chi connectivity index (χ2n) is 3.75. The van der Waals surface area contributed by atoms with Gasteiger partial charge in [0.15, 0.2) is 11.6 Å². The van der Waals surface area contributed by atoms with Crippen LogP contribution in [0.2, 0.25) is 0 Å². The normalized spacial score (nSPS) is 10.2. The number of carboxylic acid groups (broad SMARTS) is 1. The van der Waals surface area contributed by atoms with Gasteiger partial charge in [0, 0.05) is 6.54 Å². The van der Waals surface area contributed by atoms with Gasteiger partial charge in [0.2, 0.25) is 0 Å². The smallest absolute Gasteiger partial charge is 0.323 e. The fourth-order valence-corrected chi connectivity index (χ4v) is 1.52. The van der Waals surface area contributed by atoms with Crippen molar-refractivity contribution < 1.29 is 28.4 Å². The van der Waals surface area contributed by atoms with Crippen LogP contribution in [-0.2, 0) is 4.79 Å². The molecule has 1 aromatic carbocycles. The molecule has 0 unspecified atom stereocenters. The van der Waals surface area contributed by atoms with Crippen molar-refractivity contribution in [1.82, 2.24) is 4.90 Å². The van der Waals surface area contributed by atoms with Crippen LogP contribution in [0.15, 0.2) is 12.1 Å². The van der Waals surface area contributed by atoms with E-state index in [9.17, 15) is 28.5 Å². The van der Waals surface area contributed by atoms with Crippen molar-refractivity contribution in [3.63, 3.8) is 0 Å². The van der Waals surface area contributed by atoms with Gasteiger partial charge in [-0.1, -0.05) is 0 Å². The molecule has 0 saturated carbocycles. The van der Waals surface area contributed by atoms with Crippen molar-refractivity contribution in [2.45, 2.75) is 6.92 Å². The molecular formula is C11H10F2N2O5. The summed E-state index contributed by atoms with van der Waals surface area (Å²) >= 11 is 0.